The second-order valence-corrected chi connectivity index (χ2v) is 4.56. The highest BCUT2D eigenvalue weighted by molar-refractivity contribution is 6.33. The number of carbonyl (C=O) groups excluding carboxylic acids is 1. The normalized spacial score (nSPS) is 12.2. The van der Waals surface area contributed by atoms with E-state index in [2.05, 4.69) is 15.3 Å². The smallest absolute Gasteiger partial charge is 0.253 e. The Morgan fingerprint density at radius 1 is 1.45 bits per heavy atom. The molecule has 1 heterocycles. The highest BCUT2D eigenvalue weighted by Crippen LogP contribution is 2.21. The molecular weight excluding hydrogens is 288 g/mol. The molecule has 1 aromatic heterocycles. The third-order valence-corrected chi connectivity index (χ3v) is 3.13. The van der Waals surface area contributed by atoms with Crippen molar-refractivity contribution < 1.29 is 13.6 Å². The Hall–Kier alpha value is -1.95. The molecular formula is C13H12ClF2N3O. The van der Waals surface area contributed by atoms with Crippen molar-refractivity contribution in [1.29, 1.82) is 0 Å². The fourth-order valence-corrected chi connectivity index (χ4v) is 2.00. The molecule has 2 N–H and O–H groups in total. The Kier molecular flexibility index (Phi) is 4.34. The van der Waals surface area contributed by atoms with Crippen LogP contribution < -0.4 is 5.32 Å². The van der Waals surface area contributed by atoms with Gasteiger partial charge in [-0.05, 0) is 18.6 Å². The first-order chi connectivity index (χ1) is 9.52. The van der Waals surface area contributed by atoms with Crippen LogP contribution >= 0.6 is 11.6 Å². The maximum Gasteiger partial charge on any atom is 0.253 e. The number of hydrogen-bond donors (Lipinski definition) is 2. The number of H-pyrrole nitrogens is 1. The van der Waals surface area contributed by atoms with Gasteiger partial charge in [-0.1, -0.05) is 18.5 Å². The van der Waals surface area contributed by atoms with Crippen LogP contribution in [0.15, 0.2) is 24.5 Å². The van der Waals surface area contributed by atoms with Gasteiger partial charge in [0, 0.05) is 12.4 Å². The van der Waals surface area contributed by atoms with Crippen molar-refractivity contribution in [3.63, 3.8) is 0 Å². The number of aromatic amines is 1. The van der Waals surface area contributed by atoms with E-state index in [9.17, 15) is 13.6 Å². The Morgan fingerprint density at radius 2 is 2.15 bits per heavy atom. The van der Waals surface area contributed by atoms with Crippen LogP contribution in [0.4, 0.5) is 8.78 Å². The second-order valence-electron chi connectivity index (χ2n) is 4.15. The van der Waals surface area contributed by atoms with Crippen LogP contribution in [0.3, 0.4) is 0 Å². The van der Waals surface area contributed by atoms with Crippen molar-refractivity contribution in [2.24, 2.45) is 0 Å². The van der Waals surface area contributed by atoms with Crippen molar-refractivity contribution in [1.82, 2.24) is 15.3 Å². The van der Waals surface area contributed by atoms with Crippen LogP contribution in [0.2, 0.25) is 5.02 Å². The van der Waals surface area contributed by atoms with Gasteiger partial charge in [-0.3, -0.25) is 4.79 Å². The number of rotatable bonds is 4. The highest BCUT2D eigenvalue weighted by Gasteiger charge is 2.19. The minimum Gasteiger partial charge on any atom is -0.347 e. The molecule has 0 aliphatic rings. The number of hydrogen-bond acceptors (Lipinski definition) is 2. The molecule has 7 heteroatoms. The van der Waals surface area contributed by atoms with E-state index in [0.29, 0.717) is 12.2 Å². The molecule has 1 amide bonds. The van der Waals surface area contributed by atoms with Crippen LogP contribution in [0.1, 0.15) is 35.6 Å². The van der Waals surface area contributed by atoms with Crippen molar-refractivity contribution in [3.8, 4) is 0 Å². The lowest BCUT2D eigenvalue weighted by Crippen LogP contribution is -2.29. The van der Waals surface area contributed by atoms with Crippen molar-refractivity contribution in [3.05, 3.63) is 52.6 Å². The Bertz CT molecular complexity index is 616. The van der Waals surface area contributed by atoms with Crippen LogP contribution in [0.5, 0.6) is 0 Å². The molecule has 4 nitrogen and oxygen atoms in total. The summed E-state index contributed by atoms with van der Waals surface area (Å²) >= 11 is 5.76. The molecule has 1 atom stereocenters. The molecule has 0 spiro atoms. The first-order valence-electron chi connectivity index (χ1n) is 5.97. The molecule has 20 heavy (non-hydrogen) atoms. The number of amides is 1. The zero-order valence-corrected chi connectivity index (χ0v) is 11.3. The number of imidazole rings is 1. The number of carbonyl (C=O) groups is 1. The lowest BCUT2D eigenvalue weighted by Gasteiger charge is -2.15. The standard InChI is InChI=1S/C13H12ClF2N3O/c1-2-11(12-17-3-4-18-12)19-13(20)7-5-9(15)10(16)6-8(7)14/h3-6,11H,2H2,1H3,(H,17,18)(H,19,20). The molecule has 0 aliphatic carbocycles. The fraction of sp³-hybridized carbons (Fsp3) is 0.231. The van der Waals surface area contributed by atoms with Gasteiger partial charge in [0.2, 0.25) is 0 Å². The predicted molar refractivity (Wildman–Crippen MR) is 70.5 cm³/mol. The van der Waals surface area contributed by atoms with E-state index in [1.807, 2.05) is 6.92 Å². The van der Waals surface area contributed by atoms with Gasteiger partial charge in [-0.25, -0.2) is 13.8 Å². The van der Waals surface area contributed by atoms with Crippen LogP contribution in [-0.4, -0.2) is 15.9 Å². The van der Waals surface area contributed by atoms with Crippen molar-refractivity contribution in [2.75, 3.05) is 0 Å². The van der Waals surface area contributed by atoms with Gasteiger partial charge >= 0.3 is 0 Å². The summed E-state index contributed by atoms with van der Waals surface area (Å²) in [6.07, 6.45) is 3.78. The minimum absolute atomic E-state index is 0.115. The van der Waals surface area contributed by atoms with Gasteiger partial charge in [0.1, 0.15) is 5.82 Å². The Morgan fingerprint density at radius 3 is 2.75 bits per heavy atom. The molecule has 0 bridgehead atoms. The van der Waals surface area contributed by atoms with E-state index in [1.165, 1.54) is 0 Å². The topological polar surface area (TPSA) is 57.8 Å². The third-order valence-electron chi connectivity index (χ3n) is 2.82. The van der Waals surface area contributed by atoms with Gasteiger partial charge < -0.3 is 10.3 Å². The Balaban J connectivity index is 2.21. The van der Waals surface area contributed by atoms with E-state index < -0.39 is 17.5 Å². The monoisotopic (exact) mass is 299 g/mol. The summed E-state index contributed by atoms with van der Waals surface area (Å²) in [6.45, 7) is 1.86. The molecule has 0 saturated heterocycles. The number of benzene rings is 1. The van der Waals surface area contributed by atoms with Gasteiger partial charge in [0.15, 0.2) is 11.6 Å². The average Bonchev–Trinajstić information content (AvgIpc) is 2.93. The molecule has 2 aromatic rings. The van der Waals surface area contributed by atoms with Gasteiger partial charge in [0.05, 0.1) is 16.6 Å². The summed E-state index contributed by atoms with van der Waals surface area (Å²) in [6, 6.07) is 1.20. The molecule has 1 aromatic carbocycles. The SMILES string of the molecule is CCC(NC(=O)c1cc(F)c(F)cc1Cl)c1ncc[nH]1. The van der Waals surface area contributed by atoms with Crippen LogP contribution in [0, 0.1) is 11.6 Å². The largest absolute Gasteiger partial charge is 0.347 e. The first-order valence-corrected chi connectivity index (χ1v) is 6.35. The summed E-state index contributed by atoms with van der Waals surface area (Å²) in [4.78, 5) is 19.0. The molecule has 0 fully saturated rings. The lowest BCUT2D eigenvalue weighted by atomic mass is 10.1. The van der Waals surface area contributed by atoms with Gasteiger partial charge in [-0.15, -0.1) is 0 Å². The molecule has 1 unspecified atom stereocenters. The molecule has 0 saturated carbocycles. The molecule has 0 aliphatic heterocycles. The number of aromatic nitrogens is 2. The first kappa shape index (κ1) is 14.5. The summed E-state index contributed by atoms with van der Waals surface area (Å²) in [5.41, 5.74) is -0.115. The second kappa shape index (κ2) is 6.00. The Labute approximate surface area is 119 Å². The molecule has 2 rings (SSSR count). The minimum atomic E-state index is -1.12. The predicted octanol–water partition coefficient (Wildman–Crippen LogP) is 3.22. The van der Waals surface area contributed by atoms with E-state index >= 15 is 0 Å². The van der Waals surface area contributed by atoms with Crippen molar-refractivity contribution >= 4 is 17.5 Å². The maximum absolute atomic E-state index is 13.2. The van der Waals surface area contributed by atoms with E-state index in [4.69, 9.17) is 11.6 Å². The number of nitrogens with one attached hydrogen (secondary N) is 2. The number of nitrogens with zero attached hydrogens (tertiary/aromatic N) is 1. The highest BCUT2D eigenvalue weighted by atomic mass is 35.5. The summed E-state index contributed by atoms with van der Waals surface area (Å²) in [7, 11) is 0. The zero-order valence-electron chi connectivity index (χ0n) is 10.6. The van der Waals surface area contributed by atoms with E-state index in [-0.39, 0.29) is 16.6 Å². The quantitative estimate of drug-likeness (QED) is 0.852. The number of halogens is 3. The van der Waals surface area contributed by atoms with E-state index in [0.717, 1.165) is 12.1 Å². The maximum atomic E-state index is 13.2. The van der Waals surface area contributed by atoms with Gasteiger partial charge in [-0.2, -0.15) is 0 Å². The van der Waals surface area contributed by atoms with Gasteiger partial charge in [0.25, 0.3) is 5.91 Å². The summed E-state index contributed by atoms with van der Waals surface area (Å²) in [5, 5.41) is 2.52. The molecule has 106 valence electrons. The lowest BCUT2D eigenvalue weighted by molar-refractivity contribution is 0.0933. The van der Waals surface area contributed by atoms with Crippen molar-refractivity contribution in [2.45, 2.75) is 19.4 Å². The van der Waals surface area contributed by atoms with Crippen LogP contribution in [-0.2, 0) is 0 Å². The summed E-state index contributed by atoms with van der Waals surface area (Å²) in [5.74, 6) is -2.22. The van der Waals surface area contributed by atoms with Crippen LogP contribution in [0.25, 0.3) is 0 Å². The van der Waals surface area contributed by atoms with E-state index in [1.54, 1.807) is 12.4 Å². The summed E-state index contributed by atoms with van der Waals surface area (Å²) < 4.78 is 26.1. The zero-order chi connectivity index (χ0) is 14.7. The average molecular weight is 300 g/mol. The third kappa shape index (κ3) is 2.96. The molecule has 0 radical (unpaired) electrons. The fourth-order valence-electron chi connectivity index (χ4n) is 1.76.